The van der Waals surface area contributed by atoms with Gasteiger partial charge in [-0.05, 0) is 37.6 Å². The molecule has 0 unspecified atom stereocenters. The summed E-state index contributed by atoms with van der Waals surface area (Å²) in [4.78, 5) is 11.5. The third kappa shape index (κ3) is 2.61. The Bertz CT molecular complexity index is 578. The fraction of sp³-hybridized carbons (Fsp3) is 0.231. The van der Waals surface area contributed by atoms with Crippen molar-refractivity contribution in [3.05, 3.63) is 40.0 Å². The number of carbonyl (C=O) groups excluding carboxylic acids is 1. The van der Waals surface area contributed by atoms with Gasteiger partial charge in [0, 0.05) is 10.0 Å². The first kappa shape index (κ1) is 12.8. The summed E-state index contributed by atoms with van der Waals surface area (Å²) in [6, 6.07) is 7.61. The molecule has 2 aromatic rings. The van der Waals surface area contributed by atoms with E-state index in [1.54, 1.807) is 13.0 Å². The van der Waals surface area contributed by atoms with E-state index in [-0.39, 0.29) is 5.97 Å². The molecule has 0 saturated carbocycles. The second-order valence-corrected chi connectivity index (χ2v) is 4.71. The van der Waals surface area contributed by atoms with Crippen LogP contribution in [0.3, 0.4) is 0 Å². The van der Waals surface area contributed by atoms with E-state index in [1.165, 1.54) is 0 Å². The van der Waals surface area contributed by atoms with Gasteiger partial charge in [0.2, 0.25) is 0 Å². The third-order valence-electron chi connectivity index (χ3n) is 2.53. The number of halogens is 1. The maximum Gasteiger partial charge on any atom is 0.356 e. The number of benzene rings is 1. The Labute approximate surface area is 113 Å². The fourth-order valence-electron chi connectivity index (χ4n) is 1.59. The van der Waals surface area contributed by atoms with Crippen LogP contribution >= 0.6 is 15.9 Å². The highest BCUT2D eigenvalue weighted by Crippen LogP contribution is 2.24. The molecule has 4 nitrogen and oxygen atoms in total. The Hall–Kier alpha value is -1.62. The maximum absolute atomic E-state index is 11.5. The van der Waals surface area contributed by atoms with Crippen LogP contribution in [0.5, 0.6) is 0 Å². The van der Waals surface area contributed by atoms with Crippen LogP contribution in [0.2, 0.25) is 0 Å². The van der Waals surface area contributed by atoms with Crippen molar-refractivity contribution in [2.75, 3.05) is 6.61 Å². The van der Waals surface area contributed by atoms with Crippen molar-refractivity contribution in [1.29, 1.82) is 0 Å². The highest BCUT2D eigenvalue weighted by atomic mass is 79.9. The zero-order valence-electron chi connectivity index (χ0n) is 10.2. The molecule has 2 rings (SSSR count). The molecule has 0 saturated heterocycles. The Morgan fingerprint density at radius 2 is 2.22 bits per heavy atom. The van der Waals surface area contributed by atoms with Crippen LogP contribution in [0.1, 0.15) is 23.0 Å². The zero-order valence-corrected chi connectivity index (χ0v) is 11.7. The molecule has 1 N–H and O–H groups in total. The van der Waals surface area contributed by atoms with E-state index in [1.807, 2.05) is 25.1 Å². The second-order valence-electron chi connectivity index (χ2n) is 3.85. The topological polar surface area (TPSA) is 55.0 Å². The molecule has 1 aromatic heterocycles. The number of aryl methyl sites for hydroxylation is 1. The molecule has 1 heterocycles. The number of hydrogen-bond acceptors (Lipinski definition) is 3. The van der Waals surface area contributed by atoms with E-state index < -0.39 is 0 Å². The summed E-state index contributed by atoms with van der Waals surface area (Å²) >= 11 is 3.45. The summed E-state index contributed by atoms with van der Waals surface area (Å²) in [5.74, 6) is -0.384. The van der Waals surface area contributed by atoms with E-state index >= 15 is 0 Å². The average molecular weight is 309 g/mol. The van der Waals surface area contributed by atoms with Gasteiger partial charge in [-0.1, -0.05) is 22.0 Å². The molecule has 0 bridgehead atoms. The van der Waals surface area contributed by atoms with E-state index in [9.17, 15) is 4.79 Å². The molecule has 0 aliphatic carbocycles. The number of rotatable bonds is 3. The van der Waals surface area contributed by atoms with E-state index in [2.05, 4.69) is 26.1 Å². The number of aromatic amines is 1. The van der Waals surface area contributed by atoms with Gasteiger partial charge >= 0.3 is 5.97 Å². The molecule has 5 heteroatoms. The summed E-state index contributed by atoms with van der Waals surface area (Å²) in [5.41, 5.74) is 3.18. The molecule has 0 aliphatic heterocycles. The van der Waals surface area contributed by atoms with Gasteiger partial charge in [0.1, 0.15) is 5.69 Å². The van der Waals surface area contributed by atoms with E-state index in [0.29, 0.717) is 12.3 Å². The normalized spacial score (nSPS) is 10.4. The third-order valence-corrected chi connectivity index (χ3v) is 3.42. The smallest absolute Gasteiger partial charge is 0.356 e. The standard InChI is InChI=1S/C13H13BrN2O2/c1-3-18-13(17)12-7-11(15-16-12)9-4-5-10(14)8(2)6-9/h4-7H,3H2,1-2H3,(H,15,16). The molecule has 0 radical (unpaired) electrons. The summed E-state index contributed by atoms with van der Waals surface area (Å²) in [6.07, 6.45) is 0. The van der Waals surface area contributed by atoms with Crippen LogP contribution in [-0.4, -0.2) is 22.8 Å². The Balaban J connectivity index is 2.29. The number of carbonyl (C=O) groups is 1. The van der Waals surface area contributed by atoms with Crippen molar-refractivity contribution >= 4 is 21.9 Å². The van der Waals surface area contributed by atoms with Crippen molar-refractivity contribution in [3.8, 4) is 11.3 Å². The minimum absolute atomic E-state index is 0.352. The molecule has 0 atom stereocenters. The maximum atomic E-state index is 11.5. The Morgan fingerprint density at radius 1 is 1.44 bits per heavy atom. The lowest BCUT2D eigenvalue weighted by molar-refractivity contribution is 0.0519. The van der Waals surface area contributed by atoms with Crippen LogP contribution < -0.4 is 0 Å². The van der Waals surface area contributed by atoms with Crippen LogP contribution in [-0.2, 0) is 4.74 Å². The predicted octanol–water partition coefficient (Wildman–Crippen LogP) is 3.32. The Morgan fingerprint density at radius 3 is 2.89 bits per heavy atom. The van der Waals surface area contributed by atoms with Gasteiger partial charge in [-0.3, -0.25) is 5.10 Å². The minimum atomic E-state index is -0.384. The Kier molecular flexibility index (Phi) is 3.81. The molecule has 0 amide bonds. The molecule has 1 aromatic carbocycles. The number of esters is 1. The molecule has 0 aliphatic rings. The van der Waals surface area contributed by atoms with Crippen LogP contribution in [0.25, 0.3) is 11.3 Å². The molecule has 18 heavy (non-hydrogen) atoms. The number of H-pyrrole nitrogens is 1. The van der Waals surface area contributed by atoms with Gasteiger partial charge in [0.25, 0.3) is 0 Å². The van der Waals surface area contributed by atoms with Crippen molar-refractivity contribution in [2.45, 2.75) is 13.8 Å². The number of aromatic nitrogens is 2. The zero-order chi connectivity index (χ0) is 13.1. The van der Waals surface area contributed by atoms with E-state index in [0.717, 1.165) is 21.3 Å². The van der Waals surface area contributed by atoms with E-state index in [4.69, 9.17) is 4.74 Å². The summed E-state index contributed by atoms with van der Waals surface area (Å²) in [5, 5.41) is 6.81. The average Bonchev–Trinajstić information content (AvgIpc) is 2.82. The lowest BCUT2D eigenvalue weighted by Gasteiger charge is -2.00. The molecule has 0 fully saturated rings. The highest BCUT2D eigenvalue weighted by Gasteiger charge is 2.12. The highest BCUT2D eigenvalue weighted by molar-refractivity contribution is 9.10. The number of hydrogen-bond donors (Lipinski definition) is 1. The monoisotopic (exact) mass is 308 g/mol. The minimum Gasteiger partial charge on any atom is -0.461 e. The molecular weight excluding hydrogens is 296 g/mol. The largest absolute Gasteiger partial charge is 0.461 e. The van der Waals surface area contributed by atoms with Gasteiger partial charge in [-0.2, -0.15) is 5.10 Å². The first-order chi connectivity index (χ1) is 8.61. The second kappa shape index (κ2) is 5.35. The van der Waals surface area contributed by atoms with Crippen molar-refractivity contribution in [1.82, 2.24) is 10.2 Å². The van der Waals surface area contributed by atoms with Gasteiger partial charge in [-0.25, -0.2) is 4.79 Å². The van der Waals surface area contributed by atoms with Crippen molar-refractivity contribution in [3.63, 3.8) is 0 Å². The number of nitrogens with zero attached hydrogens (tertiary/aromatic N) is 1. The lowest BCUT2D eigenvalue weighted by atomic mass is 10.1. The van der Waals surface area contributed by atoms with Gasteiger partial charge in [0.15, 0.2) is 0 Å². The molecule has 94 valence electrons. The molecular formula is C13H13BrN2O2. The predicted molar refractivity (Wildman–Crippen MR) is 72.4 cm³/mol. The fourth-order valence-corrected chi connectivity index (χ4v) is 1.83. The molecule has 0 spiro atoms. The SMILES string of the molecule is CCOC(=O)c1cc(-c2ccc(Br)c(C)c2)n[nH]1. The van der Waals surface area contributed by atoms with Gasteiger partial charge in [-0.15, -0.1) is 0 Å². The summed E-state index contributed by atoms with van der Waals surface area (Å²) < 4.78 is 5.95. The van der Waals surface area contributed by atoms with Crippen LogP contribution in [0.15, 0.2) is 28.7 Å². The first-order valence-electron chi connectivity index (χ1n) is 5.61. The van der Waals surface area contributed by atoms with Crippen molar-refractivity contribution in [2.24, 2.45) is 0 Å². The van der Waals surface area contributed by atoms with Gasteiger partial charge < -0.3 is 4.74 Å². The number of ether oxygens (including phenoxy) is 1. The van der Waals surface area contributed by atoms with Crippen LogP contribution in [0.4, 0.5) is 0 Å². The van der Waals surface area contributed by atoms with Crippen molar-refractivity contribution < 1.29 is 9.53 Å². The quantitative estimate of drug-likeness (QED) is 0.885. The van der Waals surface area contributed by atoms with Crippen LogP contribution in [0, 0.1) is 6.92 Å². The lowest BCUT2D eigenvalue weighted by Crippen LogP contribution is -2.04. The summed E-state index contributed by atoms with van der Waals surface area (Å²) in [7, 11) is 0. The van der Waals surface area contributed by atoms with Gasteiger partial charge in [0.05, 0.1) is 12.3 Å². The first-order valence-corrected chi connectivity index (χ1v) is 6.40. The number of nitrogens with one attached hydrogen (secondary N) is 1. The summed E-state index contributed by atoms with van der Waals surface area (Å²) in [6.45, 7) is 4.13.